The highest BCUT2D eigenvalue weighted by atomic mass is 16.6. The van der Waals surface area contributed by atoms with Crippen LogP contribution in [0.15, 0.2) is 42.5 Å². The van der Waals surface area contributed by atoms with Gasteiger partial charge in [0.15, 0.2) is 11.5 Å². The molecule has 0 fully saturated rings. The van der Waals surface area contributed by atoms with Gasteiger partial charge < -0.3 is 9.47 Å². The van der Waals surface area contributed by atoms with Gasteiger partial charge in [-0.15, -0.1) is 0 Å². The van der Waals surface area contributed by atoms with Crippen molar-refractivity contribution in [2.24, 2.45) is 0 Å². The molecule has 0 N–H and O–H groups in total. The lowest BCUT2D eigenvalue weighted by atomic mass is 10.1. The highest BCUT2D eigenvalue weighted by Crippen LogP contribution is 2.40. The van der Waals surface area contributed by atoms with Crippen LogP contribution < -0.4 is 14.4 Å². The van der Waals surface area contributed by atoms with Gasteiger partial charge >= 0.3 is 5.91 Å². The maximum Gasteiger partial charge on any atom is 0.300 e. The van der Waals surface area contributed by atoms with Gasteiger partial charge in [-0.2, -0.15) is 0 Å². The van der Waals surface area contributed by atoms with Gasteiger partial charge in [0, 0.05) is 18.7 Å². The molecule has 140 valence electrons. The normalized spacial score (nSPS) is 15.6. The molecule has 2 aromatic rings. The maximum atomic E-state index is 12.7. The van der Waals surface area contributed by atoms with Crippen molar-refractivity contribution in [3.8, 4) is 11.5 Å². The number of carbonyl (C=O) groups excluding carboxylic acids is 2. The first-order valence-corrected chi connectivity index (χ1v) is 9.12. The molecule has 27 heavy (non-hydrogen) atoms. The SMILES string of the molecule is CC(C)N(Cc1ccccc1)CN1C(=O)C(=O)c2cc3c(cc21)OCCO3. The summed E-state index contributed by atoms with van der Waals surface area (Å²) in [6, 6.07) is 13.7. The van der Waals surface area contributed by atoms with Crippen LogP contribution in [0.3, 0.4) is 0 Å². The van der Waals surface area contributed by atoms with Crippen molar-refractivity contribution in [1.82, 2.24) is 4.90 Å². The summed E-state index contributed by atoms with van der Waals surface area (Å²) in [5, 5.41) is 0. The third-order valence-corrected chi connectivity index (χ3v) is 4.92. The Morgan fingerprint density at radius 1 is 1.04 bits per heavy atom. The van der Waals surface area contributed by atoms with Gasteiger partial charge in [-0.25, -0.2) is 0 Å². The minimum Gasteiger partial charge on any atom is -0.486 e. The van der Waals surface area contributed by atoms with Crippen molar-refractivity contribution in [1.29, 1.82) is 0 Å². The molecule has 0 saturated heterocycles. The second-order valence-corrected chi connectivity index (χ2v) is 7.04. The molecule has 0 spiro atoms. The summed E-state index contributed by atoms with van der Waals surface area (Å²) in [4.78, 5) is 28.9. The van der Waals surface area contributed by atoms with Crippen LogP contribution in [0.25, 0.3) is 0 Å². The molecule has 0 aromatic heterocycles. The monoisotopic (exact) mass is 366 g/mol. The Morgan fingerprint density at radius 2 is 1.70 bits per heavy atom. The smallest absolute Gasteiger partial charge is 0.300 e. The Hall–Kier alpha value is -2.86. The molecule has 1 amide bonds. The number of nitrogens with zero attached hydrogens (tertiary/aromatic N) is 2. The largest absolute Gasteiger partial charge is 0.486 e. The van der Waals surface area contributed by atoms with E-state index in [1.165, 1.54) is 0 Å². The van der Waals surface area contributed by atoms with Crippen LogP contribution in [0, 0.1) is 0 Å². The number of ketones is 1. The van der Waals surface area contributed by atoms with Crippen molar-refractivity contribution in [3.63, 3.8) is 0 Å². The molecule has 2 heterocycles. The van der Waals surface area contributed by atoms with Crippen LogP contribution in [0.2, 0.25) is 0 Å². The number of fused-ring (bicyclic) bond motifs is 2. The number of carbonyl (C=O) groups is 2. The first kappa shape index (κ1) is 17.5. The topological polar surface area (TPSA) is 59.1 Å². The lowest BCUT2D eigenvalue weighted by Crippen LogP contribution is -2.43. The number of ether oxygens (including phenoxy) is 2. The zero-order valence-corrected chi connectivity index (χ0v) is 15.5. The zero-order valence-electron chi connectivity index (χ0n) is 15.5. The fraction of sp³-hybridized carbons (Fsp3) is 0.333. The minimum atomic E-state index is -0.508. The molecule has 0 atom stereocenters. The Balaban J connectivity index is 1.63. The molecule has 2 aliphatic rings. The molecular formula is C21H22N2O4. The third kappa shape index (κ3) is 3.28. The summed E-state index contributed by atoms with van der Waals surface area (Å²) in [5.41, 5.74) is 2.13. The van der Waals surface area contributed by atoms with Gasteiger partial charge in [0.05, 0.1) is 17.9 Å². The quantitative estimate of drug-likeness (QED) is 0.762. The number of hydrogen-bond acceptors (Lipinski definition) is 5. The summed E-state index contributed by atoms with van der Waals surface area (Å²) in [7, 11) is 0. The molecule has 0 aliphatic carbocycles. The fourth-order valence-electron chi connectivity index (χ4n) is 3.37. The van der Waals surface area contributed by atoms with E-state index in [1.807, 2.05) is 18.2 Å². The maximum absolute atomic E-state index is 12.7. The zero-order chi connectivity index (χ0) is 19.0. The summed E-state index contributed by atoms with van der Waals surface area (Å²) in [5.74, 6) is 0.0936. The Morgan fingerprint density at radius 3 is 2.37 bits per heavy atom. The van der Waals surface area contributed by atoms with E-state index in [1.54, 1.807) is 17.0 Å². The number of benzene rings is 2. The van der Waals surface area contributed by atoms with Crippen molar-refractivity contribution >= 4 is 17.4 Å². The lowest BCUT2D eigenvalue weighted by molar-refractivity contribution is -0.114. The molecule has 6 nitrogen and oxygen atoms in total. The van der Waals surface area contributed by atoms with Crippen LogP contribution in [0.1, 0.15) is 29.8 Å². The van der Waals surface area contributed by atoms with E-state index in [-0.39, 0.29) is 6.04 Å². The first-order chi connectivity index (χ1) is 13.0. The van der Waals surface area contributed by atoms with Gasteiger partial charge in [0.25, 0.3) is 5.78 Å². The molecule has 2 aromatic carbocycles. The predicted octanol–water partition coefficient (Wildman–Crippen LogP) is 2.86. The second-order valence-electron chi connectivity index (χ2n) is 7.04. The molecule has 6 heteroatoms. The summed E-state index contributed by atoms with van der Waals surface area (Å²) < 4.78 is 11.2. The van der Waals surface area contributed by atoms with E-state index in [2.05, 4.69) is 30.9 Å². The number of anilines is 1. The van der Waals surface area contributed by atoms with Crippen LogP contribution in [0.5, 0.6) is 11.5 Å². The highest BCUT2D eigenvalue weighted by molar-refractivity contribution is 6.52. The Labute approximate surface area is 158 Å². The number of Topliss-reactive ketones (excluding diaryl/α,β-unsaturated/α-hetero) is 1. The number of rotatable bonds is 5. The van der Waals surface area contributed by atoms with E-state index in [0.717, 1.165) is 5.56 Å². The van der Waals surface area contributed by atoms with Crippen LogP contribution in [0.4, 0.5) is 5.69 Å². The number of hydrogen-bond donors (Lipinski definition) is 0. The Bertz CT molecular complexity index is 879. The summed E-state index contributed by atoms with van der Waals surface area (Å²) in [6.07, 6.45) is 0. The van der Waals surface area contributed by atoms with Crippen LogP contribution in [-0.4, -0.2) is 42.5 Å². The van der Waals surface area contributed by atoms with E-state index in [9.17, 15) is 9.59 Å². The predicted molar refractivity (Wildman–Crippen MR) is 101 cm³/mol. The molecular weight excluding hydrogens is 344 g/mol. The molecule has 0 unspecified atom stereocenters. The molecule has 4 rings (SSSR count). The molecule has 0 saturated carbocycles. The molecule has 0 bridgehead atoms. The minimum absolute atomic E-state index is 0.203. The van der Waals surface area contributed by atoms with Gasteiger partial charge in [-0.1, -0.05) is 30.3 Å². The Kier molecular flexibility index (Phi) is 4.58. The second kappa shape index (κ2) is 7.04. The summed E-state index contributed by atoms with van der Waals surface area (Å²) >= 11 is 0. The molecule has 0 radical (unpaired) electrons. The highest BCUT2D eigenvalue weighted by Gasteiger charge is 2.38. The van der Waals surface area contributed by atoms with Crippen LogP contribution >= 0.6 is 0 Å². The third-order valence-electron chi connectivity index (χ3n) is 4.92. The van der Waals surface area contributed by atoms with Gasteiger partial charge in [0.2, 0.25) is 0 Å². The number of amides is 1. The van der Waals surface area contributed by atoms with Crippen molar-refractivity contribution in [3.05, 3.63) is 53.6 Å². The average Bonchev–Trinajstić information content (AvgIpc) is 2.91. The van der Waals surface area contributed by atoms with Gasteiger partial charge in [-0.05, 0) is 25.5 Å². The fourth-order valence-corrected chi connectivity index (χ4v) is 3.37. The van der Waals surface area contributed by atoms with Crippen molar-refractivity contribution in [2.45, 2.75) is 26.4 Å². The summed E-state index contributed by atoms with van der Waals surface area (Å²) in [6.45, 7) is 6.09. The van der Waals surface area contributed by atoms with E-state index in [4.69, 9.17) is 9.47 Å². The van der Waals surface area contributed by atoms with Gasteiger partial charge in [-0.3, -0.25) is 19.4 Å². The van der Waals surface area contributed by atoms with Crippen molar-refractivity contribution in [2.75, 3.05) is 24.8 Å². The molecule has 2 aliphatic heterocycles. The lowest BCUT2D eigenvalue weighted by Gasteiger charge is -2.31. The van der Waals surface area contributed by atoms with E-state index < -0.39 is 11.7 Å². The van der Waals surface area contributed by atoms with Crippen molar-refractivity contribution < 1.29 is 19.1 Å². The van der Waals surface area contributed by atoms with Gasteiger partial charge in [0.1, 0.15) is 13.2 Å². The van der Waals surface area contributed by atoms with Crippen LogP contribution in [-0.2, 0) is 11.3 Å². The first-order valence-electron chi connectivity index (χ1n) is 9.12. The standard InChI is InChI=1S/C21H22N2O4/c1-14(2)22(12-15-6-4-3-5-7-15)13-23-17-11-19-18(26-8-9-27-19)10-16(17)20(24)21(23)25/h3-7,10-11,14H,8-9,12-13H2,1-2H3. The van der Waals surface area contributed by atoms with E-state index >= 15 is 0 Å². The average molecular weight is 366 g/mol. The van der Waals surface area contributed by atoms with E-state index in [0.29, 0.717) is 49.2 Å².